The number of benzene rings is 1. The molecule has 1 aromatic carbocycles. The molecule has 0 aromatic heterocycles. The van der Waals surface area contributed by atoms with Crippen LogP contribution < -0.4 is 0 Å². The van der Waals surface area contributed by atoms with E-state index in [2.05, 4.69) is 0 Å². The first-order valence-electron chi connectivity index (χ1n) is 10.8. The van der Waals surface area contributed by atoms with Crippen LogP contribution in [0.15, 0.2) is 36.4 Å². The topological polar surface area (TPSA) is 107 Å². The van der Waals surface area contributed by atoms with E-state index in [0.29, 0.717) is 24.8 Å². The van der Waals surface area contributed by atoms with Gasteiger partial charge in [-0.3, -0.25) is 4.79 Å². The molecule has 1 saturated carbocycles. The predicted molar refractivity (Wildman–Crippen MR) is 111 cm³/mol. The molecule has 0 aliphatic heterocycles. The van der Waals surface area contributed by atoms with Gasteiger partial charge >= 0.3 is 12.1 Å². The number of carboxylic acids is 1. The van der Waals surface area contributed by atoms with Crippen molar-refractivity contribution in [2.45, 2.75) is 75.5 Å². The summed E-state index contributed by atoms with van der Waals surface area (Å²) in [6, 6.07) is 4.95. The summed E-state index contributed by atoms with van der Waals surface area (Å²) in [5, 5.41) is 39.2. The standard InChI is InChI=1S/C23H31F3O6/c24-23(25,26)16-7-5-6-15(12-16)10-11-17(27)14-32-22-18(19(28)13-20(22)29)8-3-1-2-4-9-21(30)31/h1,3,5-7,12,17-20,22,27-29H,2,4,8-11,13-14H2,(H,30,31)/b3-1+. The van der Waals surface area contributed by atoms with Crippen molar-refractivity contribution in [3.63, 3.8) is 0 Å². The number of aliphatic carboxylic acids is 1. The normalized spacial score (nSPS) is 24.8. The van der Waals surface area contributed by atoms with Crippen molar-refractivity contribution >= 4 is 5.97 Å². The van der Waals surface area contributed by atoms with Gasteiger partial charge in [0, 0.05) is 18.8 Å². The van der Waals surface area contributed by atoms with E-state index < -0.39 is 42.1 Å². The molecule has 1 aliphatic carbocycles. The number of aryl methyl sites for hydroxylation is 1. The number of unbranched alkanes of at least 4 members (excludes halogenated alkanes) is 1. The molecule has 1 aliphatic rings. The predicted octanol–water partition coefficient (Wildman–Crippen LogP) is 3.33. The molecular formula is C23H31F3O6. The van der Waals surface area contributed by atoms with Gasteiger partial charge in [0.25, 0.3) is 0 Å². The van der Waals surface area contributed by atoms with E-state index in [1.54, 1.807) is 6.07 Å². The molecule has 2 rings (SSSR count). The van der Waals surface area contributed by atoms with E-state index >= 15 is 0 Å². The molecule has 5 atom stereocenters. The zero-order valence-electron chi connectivity index (χ0n) is 17.7. The van der Waals surface area contributed by atoms with Gasteiger partial charge in [-0.1, -0.05) is 30.4 Å². The second kappa shape index (κ2) is 12.3. The van der Waals surface area contributed by atoms with Gasteiger partial charge < -0.3 is 25.2 Å². The molecule has 9 heteroatoms. The lowest BCUT2D eigenvalue weighted by molar-refractivity contribution is -0.138. The van der Waals surface area contributed by atoms with Gasteiger partial charge in [0.2, 0.25) is 0 Å². The highest BCUT2D eigenvalue weighted by molar-refractivity contribution is 5.66. The first kappa shape index (κ1) is 26.3. The average molecular weight is 460 g/mol. The Bertz CT molecular complexity index is 751. The maximum atomic E-state index is 12.8. The zero-order chi connectivity index (χ0) is 23.7. The lowest BCUT2D eigenvalue weighted by Crippen LogP contribution is -2.33. The van der Waals surface area contributed by atoms with Crippen LogP contribution in [0.2, 0.25) is 0 Å². The van der Waals surface area contributed by atoms with Crippen LogP contribution in [0.25, 0.3) is 0 Å². The minimum Gasteiger partial charge on any atom is -0.481 e. The molecule has 0 radical (unpaired) electrons. The third kappa shape index (κ3) is 8.54. The van der Waals surface area contributed by atoms with E-state index in [0.717, 1.165) is 12.1 Å². The Morgan fingerprint density at radius 2 is 1.97 bits per heavy atom. The Labute approximate surface area is 185 Å². The van der Waals surface area contributed by atoms with Crippen LogP contribution in [0, 0.1) is 5.92 Å². The van der Waals surface area contributed by atoms with E-state index in [9.17, 15) is 33.3 Å². The van der Waals surface area contributed by atoms with Gasteiger partial charge in [-0.25, -0.2) is 0 Å². The molecule has 32 heavy (non-hydrogen) atoms. The van der Waals surface area contributed by atoms with Crippen molar-refractivity contribution < 1.29 is 43.1 Å². The van der Waals surface area contributed by atoms with Crippen LogP contribution in [0.1, 0.15) is 49.7 Å². The first-order valence-corrected chi connectivity index (χ1v) is 10.8. The SMILES string of the molecule is O=C(O)CCC/C=C/CC1C(O)CC(O)C1OCC(O)CCc1cccc(C(F)(F)F)c1. The quantitative estimate of drug-likeness (QED) is 0.282. The molecular weight excluding hydrogens is 429 g/mol. The minimum absolute atomic E-state index is 0.0826. The van der Waals surface area contributed by atoms with Crippen LogP contribution in [0.4, 0.5) is 13.2 Å². The van der Waals surface area contributed by atoms with Gasteiger partial charge in [0.1, 0.15) is 0 Å². The highest BCUT2D eigenvalue weighted by Crippen LogP contribution is 2.33. The van der Waals surface area contributed by atoms with E-state index in [1.807, 2.05) is 12.2 Å². The molecule has 6 nitrogen and oxygen atoms in total. The van der Waals surface area contributed by atoms with Crippen molar-refractivity contribution in [3.05, 3.63) is 47.5 Å². The van der Waals surface area contributed by atoms with Gasteiger partial charge in [-0.15, -0.1) is 0 Å². The number of allylic oxidation sites excluding steroid dienone is 2. The number of aliphatic hydroxyl groups excluding tert-OH is 3. The molecule has 0 amide bonds. The van der Waals surface area contributed by atoms with Gasteiger partial charge in [-0.05, 0) is 43.7 Å². The van der Waals surface area contributed by atoms with Crippen LogP contribution in [0.5, 0.6) is 0 Å². The summed E-state index contributed by atoms with van der Waals surface area (Å²) in [5.74, 6) is -1.22. The van der Waals surface area contributed by atoms with Gasteiger partial charge in [0.15, 0.2) is 0 Å². The molecule has 0 saturated heterocycles. The molecule has 1 fully saturated rings. The minimum atomic E-state index is -4.42. The summed E-state index contributed by atoms with van der Waals surface area (Å²) < 4.78 is 44.1. The summed E-state index contributed by atoms with van der Waals surface area (Å²) >= 11 is 0. The third-order valence-electron chi connectivity index (χ3n) is 5.62. The van der Waals surface area contributed by atoms with Crippen molar-refractivity contribution in [1.29, 1.82) is 0 Å². The molecule has 1 aromatic rings. The number of halogens is 3. The van der Waals surface area contributed by atoms with E-state index in [1.165, 1.54) is 6.07 Å². The number of hydrogen-bond acceptors (Lipinski definition) is 5. The Morgan fingerprint density at radius 1 is 1.22 bits per heavy atom. The summed E-state index contributed by atoms with van der Waals surface area (Å²) in [4.78, 5) is 10.5. The lowest BCUT2D eigenvalue weighted by atomic mass is 9.98. The first-order chi connectivity index (χ1) is 15.1. The van der Waals surface area contributed by atoms with E-state index in [4.69, 9.17) is 9.84 Å². The van der Waals surface area contributed by atoms with Gasteiger partial charge in [-0.2, -0.15) is 13.2 Å². The molecule has 0 bridgehead atoms. The van der Waals surface area contributed by atoms with Crippen LogP contribution in [-0.4, -0.2) is 57.4 Å². The molecule has 5 unspecified atom stereocenters. The number of aliphatic hydroxyl groups is 3. The Hall–Kier alpha value is -1.94. The second-order valence-corrected chi connectivity index (χ2v) is 8.22. The summed E-state index contributed by atoms with van der Waals surface area (Å²) in [6.45, 7) is -0.105. The van der Waals surface area contributed by atoms with Crippen molar-refractivity contribution in [1.82, 2.24) is 0 Å². The number of carboxylic acid groups (broad SMARTS) is 1. The average Bonchev–Trinajstić information content (AvgIpc) is 2.99. The summed E-state index contributed by atoms with van der Waals surface area (Å²) in [6.07, 6.45) is -1.78. The lowest BCUT2D eigenvalue weighted by Gasteiger charge is -2.24. The number of ether oxygens (including phenoxy) is 1. The fourth-order valence-corrected chi connectivity index (χ4v) is 3.87. The number of rotatable bonds is 12. The van der Waals surface area contributed by atoms with Crippen molar-refractivity contribution in [3.8, 4) is 0 Å². The second-order valence-electron chi connectivity index (χ2n) is 8.22. The Balaban J connectivity index is 1.80. The highest BCUT2D eigenvalue weighted by atomic mass is 19.4. The largest absolute Gasteiger partial charge is 0.481 e. The smallest absolute Gasteiger partial charge is 0.416 e. The summed E-state index contributed by atoms with van der Waals surface area (Å²) in [7, 11) is 0. The third-order valence-corrected chi connectivity index (χ3v) is 5.62. The summed E-state index contributed by atoms with van der Waals surface area (Å²) in [5.41, 5.74) is -0.274. The van der Waals surface area contributed by atoms with Crippen LogP contribution in [-0.2, 0) is 22.1 Å². The zero-order valence-corrected chi connectivity index (χ0v) is 17.7. The maximum Gasteiger partial charge on any atom is 0.416 e. The molecule has 0 spiro atoms. The molecule has 180 valence electrons. The maximum absolute atomic E-state index is 12.8. The molecule has 0 heterocycles. The fraction of sp³-hybridized carbons (Fsp3) is 0.609. The van der Waals surface area contributed by atoms with Gasteiger partial charge in [0.05, 0.1) is 36.6 Å². The fourth-order valence-electron chi connectivity index (χ4n) is 3.87. The Kier molecular flexibility index (Phi) is 10.1. The van der Waals surface area contributed by atoms with Crippen LogP contribution in [0.3, 0.4) is 0 Å². The number of alkyl halides is 3. The number of carbonyl (C=O) groups is 1. The highest BCUT2D eigenvalue weighted by Gasteiger charge is 2.42. The Morgan fingerprint density at radius 3 is 2.66 bits per heavy atom. The molecule has 4 N–H and O–H groups in total. The van der Waals surface area contributed by atoms with Crippen molar-refractivity contribution in [2.24, 2.45) is 5.92 Å². The monoisotopic (exact) mass is 460 g/mol. The van der Waals surface area contributed by atoms with Crippen molar-refractivity contribution in [2.75, 3.05) is 6.61 Å². The van der Waals surface area contributed by atoms with E-state index in [-0.39, 0.29) is 38.2 Å². The number of hydrogen-bond donors (Lipinski definition) is 4. The van der Waals surface area contributed by atoms with Crippen LogP contribution >= 0.6 is 0 Å².